The van der Waals surface area contributed by atoms with Crippen LogP contribution in [-0.4, -0.2) is 23.9 Å². The number of aliphatic hydroxyl groups excluding tert-OH is 1. The van der Waals surface area contributed by atoms with Gasteiger partial charge in [-0.1, -0.05) is 21.2 Å². The Hall–Kier alpha value is -0.940. The van der Waals surface area contributed by atoms with Gasteiger partial charge in [-0.25, -0.2) is 0 Å². The van der Waals surface area contributed by atoms with E-state index in [-0.39, 0.29) is 6.73 Å². The highest BCUT2D eigenvalue weighted by molar-refractivity contribution is 9.10. The summed E-state index contributed by atoms with van der Waals surface area (Å²) < 4.78 is 1.00. The smallest absolute Gasteiger partial charge is 0.133 e. The van der Waals surface area contributed by atoms with Crippen molar-refractivity contribution in [3.63, 3.8) is 0 Å². The number of hydrogen-bond acceptors (Lipinski definition) is 3. The zero-order valence-corrected chi connectivity index (χ0v) is 8.77. The minimum Gasteiger partial charge on any atom is -0.375 e. The van der Waals surface area contributed by atoms with Crippen molar-refractivity contribution in [1.82, 2.24) is 5.01 Å². The molecule has 1 aromatic rings. The molecule has 0 amide bonds. The largest absolute Gasteiger partial charge is 0.375 e. The van der Waals surface area contributed by atoms with Crippen molar-refractivity contribution in [3.8, 4) is 0 Å². The van der Waals surface area contributed by atoms with Gasteiger partial charge in [0, 0.05) is 11.5 Å². The normalized spacial score (nSPS) is 10.7. The third-order valence-electron chi connectivity index (χ3n) is 1.34. The summed E-state index contributed by atoms with van der Waals surface area (Å²) in [6.45, 7) is -0.139. The maximum absolute atomic E-state index is 8.62. The van der Waals surface area contributed by atoms with Crippen molar-refractivity contribution in [2.45, 2.75) is 0 Å². The fourth-order valence-electron chi connectivity index (χ4n) is 0.664. The van der Waals surface area contributed by atoms with Crippen molar-refractivity contribution in [2.75, 3.05) is 13.8 Å². The Morgan fingerprint density at radius 2 is 2.00 bits per heavy atom. The SMILES string of the molecule is CN(CO)N=Nc1ccc(Br)cc1. The quantitative estimate of drug-likeness (QED) is 0.504. The van der Waals surface area contributed by atoms with Gasteiger partial charge in [0.05, 0.1) is 5.69 Å². The summed E-state index contributed by atoms with van der Waals surface area (Å²) in [6.07, 6.45) is 0. The second-order valence-electron chi connectivity index (χ2n) is 2.46. The summed E-state index contributed by atoms with van der Waals surface area (Å²) in [6, 6.07) is 7.43. The maximum Gasteiger partial charge on any atom is 0.133 e. The Bertz CT molecular complexity index is 286. The Labute approximate surface area is 85.0 Å². The fourth-order valence-corrected chi connectivity index (χ4v) is 0.928. The number of aliphatic hydroxyl groups is 1. The van der Waals surface area contributed by atoms with Crippen LogP contribution in [0.5, 0.6) is 0 Å². The van der Waals surface area contributed by atoms with E-state index in [0.29, 0.717) is 0 Å². The van der Waals surface area contributed by atoms with Gasteiger partial charge in [-0.05, 0) is 24.3 Å². The summed E-state index contributed by atoms with van der Waals surface area (Å²) >= 11 is 3.32. The van der Waals surface area contributed by atoms with E-state index in [9.17, 15) is 0 Å². The number of hydrogen-bond donors (Lipinski definition) is 1. The summed E-state index contributed by atoms with van der Waals surface area (Å²) in [5.74, 6) is 0. The van der Waals surface area contributed by atoms with Crippen molar-refractivity contribution >= 4 is 21.6 Å². The summed E-state index contributed by atoms with van der Waals surface area (Å²) in [5, 5.41) is 17.6. The minimum absolute atomic E-state index is 0.139. The van der Waals surface area contributed by atoms with E-state index >= 15 is 0 Å². The third-order valence-corrected chi connectivity index (χ3v) is 1.87. The molecule has 0 unspecified atom stereocenters. The molecule has 0 radical (unpaired) electrons. The van der Waals surface area contributed by atoms with Gasteiger partial charge in [-0.15, -0.1) is 5.11 Å². The molecule has 0 spiro atoms. The Balaban J connectivity index is 2.64. The molecule has 1 rings (SSSR count). The molecular formula is C8H10BrN3O. The summed E-state index contributed by atoms with van der Waals surface area (Å²) in [7, 11) is 1.64. The molecule has 0 heterocycles. The van der Waals surface area contributed by atoms with Gasteiger partial charge >= 0.3 is 0 Å². The first kappa shape index (κ1) is 10.1. The molecule has 0 fully saturated rings. The number of benzene rings is 1. The van der Waals surface area contributed by atoms with E-state index in [2.05, 4.69) is 26.3 Å². The first-order valence-electron chi connectivity index (χ1n) is 3.71. The van der Waals surface area contributed by atoms with Gasteiger partial charge in [0.15, 0.2) is 0 Å². The van der Waals surface area contributed by atoms with Crippen LogP contribution in [0.15, 0.2) is 39.1 Å². The van der Waals surface area contributed by atoms with Crippen molar-refractivity contribution in [1.29, 1.82) is 0 Å². The van der Waals surface area contributed by atoms with E-state index in [1.807, 2.05) is 24.3 Å². The lowest BCUT2D eigenvalue weighted by molar-refractivity contribution is 0.129. The molecule has 0 aliphatic carbocycles. The molecule has 70 valence electrons. The number of halogens is 1. The first-order valence-corrected chi connectivity index (χ1v) is 4.51. The monoisotopic (exact) mass is 243 g/mol. The lowest BCUT2D eigenvalue weighted by Crippen LogP contribution is -2.10. The number of rotatable bonds is 3. The average Bonchev–Trinajstić information content (AvgIpc) is 2.16. The zero-order chi connectivity index (χ0) is 9.68. The van der Waals surface area contributed by atoms with Gasteiger partial charge in [0.1, 0.15) is 6.73 Å². The van der Waals surface area contributed by atoms with E-state index in [1.54, 1.807) is 7.05 Å². The lowest BCUT2D eigenvalue weighted by atomic mass is 10.3. The molecule has 1 aromatic carbocycles. The minimum atomic E-state index is -0.139. The van der Waals surface area contributed by atoms with Crippen LogP contribution in [-0.2, 0) is 0 Å². The molecule has 0 atom stereocenters. The Kier molecular flexibility index (Phi) is 3.85. The molecule has 13 heavy (non-hydrogen) atoms. The summed E-state index contributed by atoms with van der Waals surface area (Å²) in [5.41, 5.74) is 0.753. The van der Waals surface area contributed by atoms with Crippen molar-refractivity contribution in [3.05, 3.63) is 28.7 Å². The van der Waals surface area contributed by atoms with Crippen LogP contribution in [0, 0.1) is 0 Å². The lowest BCUT2D eigenvalue weighted by Gasteiger charge is -2.04. The van der Waals surface area contributed by atoms with Crippen molar-refractivity contribution < 1.29 is 5.11 Å². The Morgan fingerprint density at radius 3 is 2.54 bits per heavy atom. The van der Waals surface area contributed by atoms with Gasteiger partial charge in [-0.3, -0.25) is 5.01 Å². The predicted octanol–water partition coefficient (Wildman–Crippen LogP) is 2.33. The van der Waals surface area contributed by atoms with E-state index in [1.165, 1.54) is 5.01 Å². The fraction of sp³-hybridized carbons (Fsp3) is 0.250. The molecule has 0 saturated heterocycles. The highest BCUT2D eigenvalue weighted by atomic mass is 79.9. The maximum atomic E-state index is 8.62. The highest BCUT2D eigenvalue weighted by Gasteiger charge is 1.90. The molecule has 0 aliphatic rings. The number of nitrogens with zero attached hydrogens (tertiary/aromatic N) is 3. The van der Waals surface area contributed by atoms with Gasteiger partial charge in [-0.2, -0.15) is 0 Å². The molecule has 0 saturated carbocycles. The van der Waals surface area contributed by atoms with Crippen LogP contribution in [0.2, 0.25) is 0 Å². The molecule has 0 bridgehead atoms. The molecule has 0 aromatic heterocycles. The van der Waals surface area contributed by atoms with Gasteiger partial charge in [0.25, 0.3) is 0 Å². The third kappa shape index (κ3) is 3.52. The van der Waals surface area contributed by atoms with Gasteiger partial charge < -0.3 is 5.11 Å². The van der Waals surface area contributed by atoms with Crippen LogP contribution >= 0.6 is 15.9 Å². The molecule has 1 N–H and O–H groups in total. The molecule has 4 nitrogen and oxygen atoms in total. The topological polar surface area (TPSA) is 48.2 Å². The summed E-state index contributed by atoms with van der Waals surface area (Å²) in [4.78, 5) is 0. The van der Waals surface area contributed by atoms with E-state index in [4.69, 9.17) is 5.11 Å². The van der Waals surface area contributed by atoms with E-state index < -0.39 is 0 Å². The van der Waals surface area contributed by atoms with Crippen LogP contribution in [0.4, 0.5) is 5.69 Å². The highest BCUT2D eigenvalue weighted by Crippen LogP contribution is 2.16. The van der Waals surface area contributed by atoms with E-state index in [0.717, 1.165) is 10.2 Å². The predicted molar refractivity (Wildman–Crippen MR) is 53.5 cm³/mol. The second kappa shape index (κ2) is 4.94. The molecule has 5 heteroatoms. The van der Waals surface area contributed by atoms with Crippen LogP contribution < -0.4 is 0 Å². The van der Waals surface area contributed by atoms with Gasteiger partial charge in [0.2, 0.25) is 0 Å². The first-order chi connectivity index (χ1) is 6.22. The standard InChI is InChI=1S/C8H10BrN3O/c1-12(6-13)11-10-8-4-2-7(9)3-5-8/h2-5,13H,6H2,1H3. The zero-order valence-electron chi connectivity index (χ0n) is 7.18. The van der Waals surface area contributed by atoms with Crippen LogP contribution in [0.1, 0.15) is 0 Å². The second-order valence-corrected chi connectivity index (χ2v) is 3.38. The Morgan fingerprint density at radius 1 is 1.38 bits per heavy atom. The molecule has 0 aliphatic heterocycles. The average molecular weight is 244 g/mol. The molecular weight excluding hydrogens is 234 g/mol. The van der Waals surface area contributed by atoms with Crippen molar-refractivity contribution in [2.24, 2.45) is 10.3 Å². The van der Waals surface area contributed by atoms with Crippen LogP contribution in [0.25, 0.3) is 0 Å². The van der Waals surface area contributed by atoms with Crippen LogP contribution in [0.3, 0.4) is 0 Å².